The Labute approximate surface area is 357 Å². The van der Waals surface area contributed by atoms with Crippen LogP contribution in [0.5, 0.6) is 5.75 Å². The van der Waals surface area contributed by atoms with E-state index in [0.717, 1.165) is 36.4 Å². The maximum absolute atomic E-state index is 13.2. The average Bonchev–Trinajstić information content (AvgIpc) is 3.01. The van der Waals surface area contributed by atoms with E-state index in [-0.39, 0.29) is 133 Å². The molecule has 0 spiro atoms. The molecule has 21 heteroatoms. The summed E-state index contributed by atoms with van der Waals surface area (Å²) in [6, 6.07) is 19.7. The van der Waals surface area contributed by atoms with Crippen LogP contribution in [0.3, 0.4) is 0 Å². The van der Waals surface area contributed by atoms with Gasteiger partial charge in [0, 0.05) is 27.2 Å². The van der Waals surface area contributed by atoms with Crippen molar-refractivity contribution in [2.24, 2.45) is 20.5 Å². The molecule has 0 aromatic heterocycles. The fourth-order valence-corrected chi connectivity index (χ4v) is 6.88. The number of nitrogen functional groups attached to an aromatic ring is 1. The summed E-state index contributed by atoms with van der Waals surface area (Å²) in [5, 5.41) is 30.4. The van der Waals surface area contributed by atoms with E-state index in [4.69, 9.17) is 5.73 Å². The minimum Gasteiger partial charge on any atom is -0.871 e. The second-order valence-electron chi connectivity index (χ2n) is 10.3. The molecule has 0 aliphatic carbocycles. The van der Waals surface area contributed by atoms with E-state index in [9.17, 15) is 44.0 Å². The molecule has 0 heterocycles. The normalized spacial score (nSPS) is 12.2. The van der Waals surface area contributed by atoms with E-state index >= 15 is 0 Å². The molecule has 0 amide bonds. The Balaban J connectivity index is 0.00000234. The van der Waals surface area contributed by atoms with Crippen molar-refractivity contribution in [2.45, 2.75) is 14.7 Å². The van der Waals surface area contributed by atoms with Gasteiger partial charge in [-0.25, -0.2) is 16.8 Å². The zero-order valence-corrected chi connectivity index (χ0v) is 35.3. The summed E-state index contributed by atoms with van der Waals surface area (Å²) in [6.45, 7) is 0. The molecule has 3 N–H and O–H groups in total. The van der Waals surface area contributed by atoms with Crippen molar-refractivity contribution in [2.75, 3.05) is 5.73 Å². The van der Waals surface area contributed by atoms with Crippen molar-refractivity contribution in [3.05, 3.63) is 91.0 Å². The number of hydrogen-bond acceptors (Lipinski definition) is 14. The number of nitrogens with two attached hydrogens (primary N) is 1. The number of benzene rings is 6. The van der Waals surface area contributed by atoms with Crippen LogP contribution in [0.25, 0.3) is 32.3 Å². The molecule has 0 unspecified atom stereocenters. The van der Waals surface area contributed by atoms with Crippen LogP contribution < -0.4 is 99.5 Å². The molecular formula is C30H18N5Na3O10S3. The van der Waals surface area contributed by atoms with Gasteiger partial charge in [-0.15, -0.1) is 20.5 Å². The third-order valence-electron chi connectivity index (χ3n) is 7.22. The molecule has 0 bridgehead atoms. The summed E-state index contributed by atoms with van der Waals surface area (Å²) >= 11 is 0. The van der Waals surface area contributed by atoms with Crippen molar-refractivity contribution in [3.8, 4) is 5.75 Å². The van der Waals surface area contributed by atoms with Crippen LogP contribution in [0.2, 0.25) is 0 Å². The molecular weight excluding hydrogens is 756 g/mol. The van der Waals surface area contributed by atoms with Crippen LogP contribution in [0, 0.1) is 0 Å². The smallest absolute Gasteiger partial charge is 0.871 e. The van der Waals surface area contributed by atoms with Crippen LogP contribution >= 0.6 is 0 Å². The minimum absolute atomic E-state index is 0. The summed E-state index contributed by atoms with van der Waals surface area (Å²) in [5.74, 6) is -0.811. The maximum Gasteiger partial charge on any atom is 1.00 e. The topological polar surface area (TPSA) is 267 Å². The van der Waals surface area contributed by atoms with Crippen molar-refractivity contribution in [3.63, 3.8) is 0 Å². The van der Waals surface area contributed by atoms with Gasteiger partial charge in [-0.2, -0.15) is 8.42 Å². The van der Waals surface area contributed by atoms with Crippen LogP contribution in [-0.4, -0.2) is 38.9 Å². The van der Waals surface area contributed by atoms with E-state index in [0.29, 0.717) is 10.8 Å². The SMILES string of the molecule is Nc1ccc2c([O-])c(N=Nc3ccc(N=Nc4ccc(S(=O)(=O)[O-])c5ccc(S(=O)(=O)[O-])cc45)c4ccccc34)c(S(=O)(=O)O)cc2c1.[Na+].[Na+].[Na+]. The molecule has 6 aromatic carbocycles. The number of fused-ring (bicyclic) bond motifs is 3. The summed E-state index contributed by atoms with van der Waals surface area (Å²) < 4.78 is 105. The molecule has 0 saturated carbocycles. The number of nitrogens with zero attached hydrogens (tertiary/aromatic N) is 4. The van der Waals surface area contributed by atoms with E-state index in [1.54, 1.807) is 24.3 Å². The van der Waals surface area contributed by atoms with Gasteiger partial charge in [0.1, 0.15) is 25.1 Å². The summed E-state index contributed by atoms with van der Waals surface area (Å²) in [6.07, 6.45) is 0. The van der Waals surface area contributed by atoms with Crippen LogP contribution in [0.4, 0.5) is 28.4 Å². The van der Waals surface area contributed by atoms with E-state index in [1.807, 2.05) is 0 Å². The molecule has 244 valence electrons. The molecule has 0 atom stereocenters. The van der Waals surface area contributed by atoms with Gasteiger partial charge in [-0.05, 0) is 65.4 Å². The first-order valence-electron chi connectivity index (χ1n) is 13.4. The molecule has 0 saturated heterocycles. The Morgan fingerprint density at radius 1 is 0.549 bits per heavy atom. The number of anilines is 1. The third kappa shape index (κ3) is 9.06. The first-order valence-corrected chi connectivity index (χ1v) is 17.6. The predicted octanol–water partition coefficient (Wildman–Crippen LogP) is -3.30. The van der Waals surface area contributed by atoms with Gasteiger partial charge in [-0.1, -0.05) is 42.1 Å². The van der Waals surface area contributed by atoms with E-state index < -0.39 is 56.5 Å². The Kier molecular flexibility index (Phi) is 13.8. The first-order chi connectivity index (χ1) is 22.5. The summed E-state index contributed by atoms with van der Waals surface area (Å²) in [7, 11) is -14.8. The first kappa shape index (κ1) is 43.0. The van der Waals surface area contributed by atoms with Crippen molar-refractivity contribution >= 4 is 91.1 Å². The second kappa shape index (κ2) is 16.3. The number of azo groups is 2. The molecule has 0 radical (unpaired) electrons. The zero-order chi connectivity index (χ0) is 34.6. The molecule has 0 aliphatic rings. The predicted molar refractivity (Wildman–Crippen MR) is 170 cm³/mol. The van der Waals surface area contributed by atoms with Gasteiger partial charge < -0.3 is 19.9 Å². The quantitative estimate of drug-likeness (QED) is 0.0702. The molecule has 0 fully saturated rings. The maximum atomic E-state index is 13.2. The van der Waals surface area contributed by atoms with Crippen LogP contribution in [0.1, 0.15) is 0 Å². The average molecular weight is 774 g/mol. The van der Waals surface area contributed by atoms with E-state index in [1.165, 1.54) is 30.3 Å². The molecule has 6 rings (SSSR count). The van der Waals surface area contributed by atoms with Gasteiger partial charge in [0.15, 0.2) is 0 Å². The number of rotatable bonds is 7. The van der Waals surface area contributed by atoms with Crippen LogP contribution in [-0.2, 0) is 30.4 Å². The van der Waals surface area contributed by atoms with E-state index in [2.05, 4.69) is 20.5 Å². The largest absolute Gasteiger partial charge is 1.00 e. The van der Waals surface area contributed by atoms with Crippen molar-refractivity contribution in [1.29, 1.82) is 0 Å². The Bertz CT molecular complexity index is 2750. The Morgan fingerprint density at radius 3 is 1.63 bits per heavy atom. The Hall–Kier alpha value is -2.37. The monoisotopic (exact) mass is 773 g/mol. The zero-order valence-electron chi connectivity index (χ0n) is 26.9. The van der Waals surface area contributed by atoms with Gasteiger partial charge in [0.25, 0.3) is 10.1 Å². The number of hydrogen-bond donors (Lipinski definition) is 2. The fraction of sp³-hybridized carbons (Fsp3) is 0. The van der Waals surface area contributed by atoms with Gasteiger partial charge >= 0.3 is 88.7 Å². The van der Waals surface area contributed by atoms with Gasteiger partial charge in [0.2, 0.25) is 0 Å². The minimum atomic E-state index is -4.99. The van der Waals surface area contributed by atoms with Gasteiger partial charge in [0.05, 0.1) is 32.5 Å². The fourth-order valence-electron chi connectivity index (χ4n) is 5.05. The summed E-state index contributed by atoms with van der Waals surface area (Å²) in [5.41, 5.74) is 5.74. The Morgan fingerprint density at radius 2 is 1.08 bits per heavy atom. The van der Waals surface area contributed by atoms with Crippen molar-refractivity contribution in [1.82, 2.24) is 0 Å². The summed E-state index contributed by atoms with van der Waals surface area (Å²) in [4.78, 5) is -2.10. The van der Waals surface area contributed by atoms with Crippen LogP contribution in [0.15, 0.2) is 126 Å². The third-order valence-corrected chi connectivity index (χ3v) is 9.81. The van der Waals surface area contributed by atoms with Crippen molar-refractivity contribution < 1.29 is 133 Å². The molecule has 15 nitrogen and oxygen atoms in total. The second-order valence-corrected chi connectivity index (χ2v) is 14.4. The van der Waals surface area contributed by atoms with Gasteiger partial charge in [-0.3, -0.25) is 4.55 Å². The molecule has 0 aliphatic heterocycles. The standard InChI is InChI=1S/C30H21N5O10S3.3Na/c31-17-5-7-19-16(13-17)14-28(48(43,44)45)29(30(19)36)35-34-25-10-9-24(20-3-1-2-4-21(20)25)32-33-26-11-12-27(47(40,41)42)22-8-6-18(15-23(22)26)46(37,38)39;;;/h1-15,36H,31H2,(H,37,38,39)(H,40,41,42)(H,43,44,45);;;/q;3*+1/p-3. The molecule has 6 aromatic rings. The molecule has 51 heavy (non-hydrogen) atoms.